The Morgan fingerprint density at radius 2 is 2.33 bits per heavy atom. The molecule has 1 aliphatic heterocycles. The molecule has 18 heavy (non-hydrogen) atoms. The maximum atomic E-state index is 11.5. The lowest BCUT2D eigenvalue weighted by molar-refractivity contribution is -0.124. The highest BCUT2D eigenvalue weighted by atomic mass is 16.5. The molecule has 0 aromatic heterocycles. The van der Waals surface area contributed by atoms with Crippen LogP contribution in [0.25, 0.3) is 0 Å². The summed E-state index contributed by atoms with van der Waals surface area (Å²) in [5, 5.41) is 9.15. The minimum atomic E-state index is -0.943. The minimum Gasteiger partial charge on any atom is -0.490 e. The second-order valence-corrected chi connectivity index (χ2v) is 5.26. The van der Waals surface area contributed by atoms with Crippen LogP contribution in [0.2, 0.25) is 0 Å². The van der Waals surface area contributed by atoms with Crippen LogP contribution >= 0.6 is 0 Å². The molecule has 2 unspecified atom stereocenters. The Morgan fingerprint density at radius 3 is 2.94 bits per heavy atom. The van der Waals surface area contributed by atoms with E-state index >= 15 is 0 Å². The predicted molar refractivity (Wildman–Crippen MR) is 68.3 cm³/mol. The van der Waals surface area contributed by atoms with Gasteiger partial charge in [0.25, 0.3) is 0 Å². The first-order chi connectivity index (χ1) is 8.44. The van der Waals surface area contributed by atoms with Crippen LogP contribution in [0, 0.1) is 23.7 Å². The van der Waals surface area contributed by atoms with Crippen molar-refractivity contribution in [1.82, 2.24) is 0 Å². The maximum Gasteiger partial charge on any atom is 0.149 e. The molecule has 1 heterocycles. The number of ketones is 1. The summed E-state index contributed by atoms with van der Waals surface area (Å²) in [6.07, 6.45) is 1.16. The molecule has 0 saturated heterocycles. The highest BCUT2D eigenvalue weighted by Crippen LogP contribution is 2.35. The lowest BCUT2D eigenvalue weighted by Gasteiger charge is -2.21. The number of hydrogen-bond acceptors (Lipinski definition) is 3. The molecule has 0 aliphatic carbocycles. The zero-order chi connectivity index (χ0) is 13.3. The molecular weight excluding hydrogens is 226 g/mol. The molecule has 1 aliphatic rings. The Labute approximate surface area is 107 Å². The summed E-state index contributed by atoms with van der Waals surface area (Å²) in [6.45, 7) is 5.20. The average molecular weight is 243 g/mol. The maximum absolute atomic E-state index is 11.5. The second kappa shape index (κ2) is 4.45. The fourth-order valence-electron chi connectivity index (χ4n) is 2.29. The number of fused-ring (bicyclic) bond motifs is 1. The van der Waals surface area contributed by atoms with Crippen LogP contribution in [0.1, 0.15) is 31.4 Å². The van der Waals surface area contributed by atoms with E-state index in [1.54, 1.807) is 6.92 Å². The number of ether oxygens (including phenoxy) is 1. The van der Waals surface area contributed by atoms with Crippen LogP contribution in [0.15, 0.2) is 18.2 Å². The summed E-state index contributed by atoms with van der Waals surface area (Å²) in [5.41, 5.74) is 1.43. The largest absolute Gasteiger partial charge is 0.490 e. The molecule has 94 valence electrons. The predicted octanol–water partition coefficient (Wildman–Crippen LogP) is 2.81. The summed E-state index contributed by atoms with van der Waals surface area (Å²) < 4.78 is 5.81. The van der Waals surface area contributed by atoms with E-state index in [0.717, 1.165) is 12.2 Å². The fourth-order valence-corrected chi connectivity index (χ4v) is 2.29. The molecule has 2 atom stereocenters. The van der Waals surface area contributed by atoms with Crippen molar-refractivity contribution >= 4 is 5.78 Å². The highest BCUT2D eigenvalue weighted by molar-refractivity contribution is 5.84. The zero-order valence-electron chi connectivity index (χ0n) is 11.0. The number of benzene rings is 1. The van der Waals surface area contributed by atoms with E-state index in [1.165, 1.54) is 18.1 Å². The topological polar surface area (TPSA) is 50.1 Å². The highest BCUT2D eigenvalue weighted by Gasteiger charge is 2.36. The number of Topliss-reactive ketones (excluding diaryl/α,β-unsaturated/α-hetero) is 1. The Hall–Kier alpha value is -1.82. The van der Waals surface area contributed by atoms with Gasteiger partial charge in [0.15, 0.2) is 0 Å². The summed E-state index contributed by atoms with van der Waals surface area (Å²) in [5.74, 6) is 0.787. The summed E-state index contributed by atoms with van der Waals surface area (Å²) in [7, 11) is 0. The lowest BCUT2D eigenvalue weighted by Crippen LogP contribution is -2.30. The van der Waals surface area contributed by atoms with Crippen molar-refractivity contribution in [2.45, 2.75) is 39.7 Å². The van der Waals surface area contributed by atoms with Gasteiger partial charge >= 0.3 is 0 Å². The van der Waals surface area contributed by atoms with Crippen molar-refractivity contribution in [2.24, 2.45) is 5.41 Å². The first kappa shape index (κ1) is 12.6. The molecule has 3 heteroatoms. The van der Waals surface area contributed by atoms with E-state index in [2.05, 4.69) is 12.1 Å². The van der Waals surface area contributed by atoms with Crippen LogP contribution in [0.3, 0.4) is 0 Å². The monoisotopic (exact) mass is 243 g/mol. The molecule has 2 rings (SSSR count). The molecule has 0 radical (unpaired) electrons. The first-order valence-electron chi connectivity index (χ1n) is 6.13. The number of carbonyl (C=O) groups is 1. The number of nitriles is 1. The number of nitrogens with zero attached hydrogens (tertiary/aromatic N) is 1. The first-order valence-corrected chi connectivity index (χ1v) is 6.13. The smallest absolute Gasteiger partial charge is 0.149 e. The van der Waals surface area contributed by atoms with E-state index in [0.29, 0.717) is 6.42 Å². The van der Waals surface area contributed by atoms with Gasteiger partial charge in [0, 0.05) is 12.8 Å². The van der Waals surface area contributed by atoms with Crippen LogP contribution in [-0.4, -0.2) is 11.9 Å². The van der Waals surface area contributed by atoms with Gasteiger partial charge < -0.3 is 4.74 Å². The molecule has 0 amide bonds. The van der Waals surface area contributed by atoms with Crippen LogP contribution in [0.5, 0.6) is 5.75 Å². The fraction of sp³-hybridized carbons (Fsp3) is 0.467. The van der Waals surface area contributed by atoms with Crippen molar-refractivity contribution in [1.29, 1.82) is 5.26 Å². The molecule has 1 aromatic rings. The molecule has 0 bridgehead atoms. The molecular formula is C15H17NO2. The number of carbonyl (C=O) groups excluding carboxylic acids is 1. The van der Waals surface area contributed by atoms with Crippen molar-refractivity contribution in [3.63, 3.8) is 0 Å². The van der Waals surface area contributed by atoms with E-state index < -0.39 is 5.41 Å². The molecule has 0 N–H and O–H groups in total. The average Bonchev–Trinajstić information content (AvgIpc) is 2.69. The molecule has 0 spiro atoms. The van der Waals surface area contributed by atoms with Gasteiger partial charge in [-0.1, -0.05) is 17.7 Å². The third-order valence-electron chi connectivity index (χ3n) is 3.62. The van der Waals surface area contributed by atoms with Crippen LogP contribution < -0.4 is 4.74 Å². The van der Waals surface area contributed by atoms with Crippen LogP contribution in [0.4, 0.5) is 0 Å². The van der Waals surface area contributed by atoms with Gasteiger partial charge in [-0.05, 0) is 32.4 Å². The van der Waals surface area contributed by atoms with Crippen molar-refractivity contribution in [2.75, 3.05) is 0 Å². The SMILES string of the molecule is CC(=O)C(C)(C#N)CC1Cc2cc(C)ccc2O1. The molecule has 0 fully saturated rings. The van der Waals surface area contributed by atoms with Crippen molar-refractivity contribution < 1.29 is 9.53 Å². The Morgan fingerprint density at radius 1 is 1.61 bits per heavy atom. The van der Waals surface area contributed by atoms with Gasteiger partial charge in [-0.2, -0.15) is 5.26 Å². The zero-order valence-corrected chi connectivity index (χ0v) is 11.0. The van der Waals surface area contributed by atoms with E-state index in [-0.39, 0.29) is 11.9 Å². The van der Waals surface area contributed by atoms with Crippen LogP contribution in [-0.2, 0) is 11.2 Å². The molecule has 1 aromatic carbocycles. The summed E-state index contributed by atoms with van der Waals surface area (Å²) in [6, 6.07) is 8.19. The van der Waals surface area contributed by atoms with Gasteiger partial charge in [-0.15, -0.1) is 0 Å². The lowest BCUT2D eigenvalue weighted by atomic mass is 9.81. The Kier molecular flexibility index (Phi) is 3.13. The van der Waals surface area contributed by atoms with E-state index in [4.69, 9.17) is 10.00 Å². The van der Waals surface area contributed by atoms with Crippen molar-refractivity contribution in [3.05, 3.63) is 29.3 Å². The standard InChI is InChI=1S/C15H17NO2/c1-10-4-5-14-12(6-10)7-13(18-14)8-15(3,9-16)11(2)17/h4-6,13H,7-8H2,1-3H3. The minimum absolute atomic E-state index is 0.0738. The number of hydrogen-bond donors (Lipinski definition) is 0. The third-order valence-corrected chi connectivity index (χ3v) is 3.62. The van der Waals surface area contributed by atoms with Gasteiger partial charge in [0.2, 0.25) is 0 Å². The number of rotatable bonds is 3. The van der Waals surface area contributed by atoms with Gasteiger partial charge in [-0.3, -0.25) is 4.79 Å². The van der Waals surface area contributed by atoms with Gasteiger partial charge in [0.1, 0.15) is 23.1 Å². The quantitative estimate of drug-likeness (QED) is 0.820. The Balaban J connectivity index is 2.13. The number of aryl methyl sites for hydroxylation is 1. The second-order valence-electron chi connectivity index (χ2n) is 5.26. The summed E-state index contributed by atoms with van der Waals surface area (Å²) >= 11 is 0. The van der Waals surface area contributed by atoms with Gasteiger partial charge in [-0.25, -0.2) is 0 Å². The van der Waals surface area contributed by atoms with E-state index in [9.17, 15) is 4.79 Å². The summed E-state index contributed by atoms with van der Waals surface area (Å²) in [4.78, 5) is 11.5. The van der Waals surface area contributed by atoms with Crippen molar-refractivity contribution in [3.8, 4) is 11.8 Å². The molecule has 0 saturated carbocycles. The third kappa shape index (κ3) is 2.24. The van der Waals surface area contributed by atoms with Gasteiger partial charge in [0.05, 0.1) is 6.07 Å². The molecule has 3 nitrogen and oxygen atoms in total. The normalized spacial score (nSPS) is 20.4. The Bertz CT molecular complexity index is 530. The van der Waals surface area contributed by atoms with E-state index in [1.807, 2.05) is 19.1 Å².